The lowest BCUT2D eigenvalue weighted by molar-refractivity contribution is -0.490. The van der Waals surface area contributed by atoms with Gasteiger partial charge in [0, 0.05) is 4.92 Å². The van der Waals surface area contributed by atoms with Crippen molar-refractivity contribution in [3.8, 4) is 0 Å². The molecular weight excluding hydrogens is 110 g/mol. The highest BCUT2D eigenvalue weighted by Crippen LogP contribution is 1.87. The summed E-state index contributed by atoms with van der Waals surface area (Å²) in [6.07, 6.45) is -0.328. The summed E-state index contributed by atoms with van der Waals surface area (Å²) >= 11 is 0. The maximum absolute atomic E-state index is 9.61. The first-order valence-electron chi connectivity index (χ1n) is 2.46. The monoisotopic (exact) mass is 119 g/mol. The normalized spacial score (nSPS) is 13.2. The first-order valence-corrected chi connectivity index (χ1v) is 2.46. The lowest BCUT2D eigenvalue weighted by atomic mass is 10.3. The van der Waals surface area contributed by atoms with E-state index < -0.39 is 11.0 Å². The quantitative estimate of drug-likeness (QED) is 0.421. The molecule has 0 aliphatic carbocycles. The molecule has 48 valence electrons. The van der Waals surface area contributed by atoms with Crippen LogP contribution in [-0.4, -0.2) is 22.7 Å². The van der Waals surface area contributed by atoms with Crippen molar-refractivity contribution in [1.29, 1.82) is 0 Å². The first-order chi connectivity index (χ1) is 3.66. The molecule has 0 fully saturated rings. The Balaban J connectivity index is 3.24. The molecule has 0 saturated heterocycles. The van der Waals surface area contributed by atoms with E-state index in [4.69, 9.17) is 5.11 Å². The zero-order chi connectivity index (χ0) is 6.57. The number of nitro groups is 1. The predicted octanol–water partition coefficient (Wildman–Crippen LogP) is 0.0340. The van der Waals surface area contributed by atoms with E-state index in [9.17, 15) is 10.1 Å². The van der Waals surface area contributed by atoms with Gasteiger partial charge in [0.1, 0.15) is 6.10 Å². The zero-order valence-corrected chi connectivity index (χ0v) is 4.70. The van der Waals surface area contributed by atoms with Crippen molar-refractivity contribution in [3.05, 3.63) is 10.1 Å². The minimum absolute atomic E-state index is 0.337. The molecule has 4 heteroatoms. The molecule has 0 heterocycles. The predicted molar refractivity (Wildman–Crippen MR) is 28.2 cm³/mol. The largest absolute Gasteiger partial charge is 0.386 e. The van der Waals surface area contributed by atoms with E-state index in [1.807, 2.05) is 0 Å². The summed E-state index contributed by atoms with van der Waals surface area (Å²) in [6.45, 7) is 1.37. The Bertz CT molecular complexity index is 83.4. The van der Waals surface area contributed by atoms with Crippen molar-refractivity contribution in [3.63, 3.8) is 0 Å². The fourth-order valence-corrected chi connectivity index (χ4v) is 0.301. The fraction of sp³-hybridized carbons (Fsp3) is 1.00. The van der Waals surface area contributed by atoms with Gasteiger partial charge in [-0.1, -0.05) is 6.92 Å². The van der Waals surface area contributed by atoms with Crippen LogP contribution in [0.4, 0.5) is 0 Å². The zero-order valence-electron chi connectivity index (χ0n) is 4.70. The maximum Gasteiger partial charge on any atom is 0.229 e. The Hall–Kier alpha value is -0.640. The van der Waals surface area contributed by atoms with E-state index >= 15 is 0 Å². The molecule has 0 amide bonds. The average Bonchev–Trinajstić information content (AvgIpc) is 1.65. The van der Waals surface area contributed by atoms with Crippen LogP contribution in [0.1, 0.15) is 13.3 Å². The summed E-state index contributed by atoms with van der Waals surface area (Å²) in [7, 11) is 0. The van der Waals surface area contributed by atoms with Gasteiger partial charge in [-0.25, -0.2) is 0 Å². The molecule has 0 saturated carbocycles. The molecule has 0 unspecified atom stereocenters. The van der Waals surface area contributed by atoms with Crippen LogP contribution in [0.3, 0.4) is 0 Å². The van der Waals surface area contributed by atoms with Gasteiger partial charge >= 0.3 is 0 Å². The van der Waals surface area contributed by atoms with Crippen LogP contribution in [-0.2, 0) is 0 Å². The van der Waals surface area contributed by atoms with Gasteiger partial charge in [-0.2, -0.15) is 0 Å². The molecule has 0 aromatic rings. The van der Waals surface area contributed by atoms with Crippen molar-refractivity contribution >= 4 is 0 Å². The van der Waals surface area contributed by atoms with Crippen LogP contribution in [0.5, 0.6) is 0 Å². The summed E-state index contributed by atoms with van der Waals surface area (Å²) < 4.78 is 0. The molecular formula is C4H9NO3. The van der Waals surface area contributed by atoms with Crippen LogP contribution in [0, 0.1) is 10.1 Å². The Morgan fingerprint density at radius 1 is 1.88 bits per heavy atom. The molecule has 4 nitrogen and oxygen atoms in total. The molecule has 0 aliphatic heterocycles. The molecule has 0 spiro atoms. The Morgan fingerprint density at radius 2 is 2.38 bits per heavy atom. The van der Waals surface area contributed by atoms with Gasteiger partial charge in [0.15, 0.2) is 0 Å². The molecule has 1 N–H and O–H groups in total. The Morgan fingerprint density at radius 3 is 2.50 bits per heavy atom. The van der Waals surface area contributed by atoms with Gasteiger partial charge < -0.3 is 5.11 Å². The summed E-state index contributed by atoms with van der Waals surface area (Å²) in [4.78, 5) is 9.09. The van der Waals surface area contributed by atoms with Gasteiger partial charge in [-0.3, -0.25) is 10.1 Å². The lowest BCUT2D eigenvalue weighted by Crippen LogP contribution is -2.17. The van der Waals surface area contributed by atoms with Gasteiger partial charge in [0.05, 0.1) is 0 Å². The third kappa shape index (κ3) is 3.55. The highest BCUT2D eigenvalue weighted by atomic mass is 16.6. The van der Waals surface area contributed by atoms with Gasteiger partial charge in [0.25, 0.3) is 0 Å². The third-order valence-corrected chi connectivity index (χ3v) is 0.831. The minimum Gasteiger partial charge on any atom is -0.386 e. The number of rotatable bonds is 3. The molecule has 0 aromatic carbocycles. The van der Waals surface area contributed by atoms with Crippen LogP contribution < -0.4 is 0 Å². The van der Waals surface area contributed by atoms with Gasteiger partial charge in [0.2, 0.25) is 6.54 Å². The summed E-state index contributed by atoms with van der Waals surface area (Å²) in [5, 5.41) is 18.2. The van der Waals surface area contributed by atoms with Crippen LogP contribution in [0.2, 0.25) is 0 Å². The van der Waals surface area contributed by atoms with Crippen LogP contribution in [0.25, 0.3) is 0 Å². The Kier molecular flexibility index (Phi) is 3.10. The van der Waals surface area contributed by atoms with E-state index in [1.165, 1.54) is 0 Å². The molecule has 8 heavy (non-hydrogen) atoms. The van der Waals surface area contributed by atoms with Crippen molar-refractivity contribution in [2.24, 2.45) is 0 Å². The second-order valence-corrected chi connectivity index (χ2v) is 1.58. The lowest BCUT2D eigenvalue weighted by Gasteiger charge is -1.97. The SMILES string of the molecule is CC[C@H](O)C[N+](=O)[O-]. The highest BCUT2D eigenvalue weighted by molar-refractivity contribution is 4.45. The van der Waals surface area contributed by atoms with Crippen LogP contribution in [0.15, 0.2) is 0 Å². The topological polar surface area (TPSA) is 63.4 Å². The number of nitrogens with zero attached hydrogens (tertiary/aromatic N) is 1. The second kappa shape index (κ2) is 3.37. The molecule has 0 aliphatic rings. The summed E-state index contributed by atoms with van der Waals surface area (Å²) in [5.41, 5.74) is 0. The maximum atomic E-state index is 9.61. The summed E-state index contributed by atoms with van der Waals surface area (Å²) in [5.74, 6) is 0. The fourth-order valence-electron chi connectivity index (χ4n) is 0.301. The second-order valence-electron chi connectivity index (χ2n) is 1.58. The first kappa shape index (κ1) is 7.36. The standard InChI is InChI=1S/C4H9NO3/c1-2-4(6)3-5(7)8/h4,6H,2-3H2,1H3/t4-/m0/s1. The molecule has 0 bridgehead atoms. The molecule has 0 rings (SSSR count). The van der Waals surface area contributed by atoms with Gasteiger partial charge in [-0.15, -0.1) is 0 Å². The minimum atomic E-state index is -0.773. The van der Waals surface area contributed by atoms with Gasteiger partial charge in [-0.05, 0) is 6.42 Å². The number of hydrogen-bond donors (Lipinski definition) is 1. The highest BCUT2D eigenvalue weighted by Gasteiger charge is 2.06. The van der Waals surface area contributed by atoms with E-state index in [0.717, 1.165) is 0 Å². The smallest absolute Gasteiger partial charge is 0.229 e. The summed E-state index contributed by atoms with van der Waals surface area (Å²) in [6, 6.07) is 0. The molecule has 0 radical (unpaired) electrons. The van der Waals surface area contributed by atoms with Crippen LogP contribution >= 0.6 is 0 Å². The van der Waals surface area contributed by atoms with Crippen molar-refractivity contribution in [1.82, 2.24) is 0 Å². The van der Waals surface area contributed by atoms with E-state index in [0.29, 0.717) is 6.42 Å². The third-order valence-electron chi connectivity index (χ3n) is 0.831. The van der Waals surface area contributed by atoms with Crippen molar-refractivity contribution < 1.29 is 10.0 Å². The van der Waals surface area contributed by atoms with E-state index in [2.05, 4.69) is 0 Å². The van der Waals surface area contributed by atoms with Crippen molar-refractivity contribution in [2.45, 2.75) is 19.4 Å². The van der Waals surface area contributed by atoms with E-state index in [-0.39, 0.29) is 6.54 Å². The average molecular weight is 119 g/mol. The van der Waals surface area contributed by atoms with E-state index in [1.54, 1.807) is 6.92 Å². The number of aliphatic hydroxyl groups excluding tert-OH is 1. The molecule has 1 atom stereocenters. The van der Waals surface area contributed by atoms with Crippen molar-refractivity contribution in [2.75, 3.05) is 6.54 Å². The number of hydrogen-bond acceptors (Lipinski definition) is 3. The number of aliphatic hydroxyl groups is 1. The Labute approximate surface area is 47.3 Å². The molecule has 0 aromatic heterocycles.